The van der Waals surface area contributed by atoms with Crippen LogP contribution >= 0.6 is 11.6 Å². The Morgan fingerprint density at radius 2 is 1.94 bits per heavy atom. The molecule has 2 aliphatic rings. The first-order valence-corrected chi connectivity index (χ1v) is 11.9. The zero-order valence-electron chi connectivity index (χ0n) is 20.1. The number of hydrogen-bond donors (Lipinski definition) is 3. The lowest BCUT2D eigenvalue weighted by Gasteiger charge is -2.35. The molecule has 0 radical (unpaired) electrons. The highest BCUT2D eigenvalue weighted by Gasteiger charge is 2.35. The SMILES string of the molecule is CCOC(=O)C1=C(CN2CCC(NC(=O)OC(C)(C)C)CC2)NC(=O)NC1c1cccc(Cl)c1. The maximum Gasteiger partial charge on any atom is 0.407 e. The molecule has 34 heavy (non-hydrogen) atoms. The number of benzene rings is 1. The van der Waals surface area contributed by atoms with Gasteiger partial charge in [0.05, 0.1) is 18.2 Å². The fraction of sp³-hybridized carbons (Fsp3) is 0.542. The summed E-state index contributed by atoms with van der Waals surface area (Å²) >= 11 is 6.16. The van der Waals surface area contributed by atoms with E-state index in [1.165, 1.54) is 0 Å². The fourth-order valence-corrected chi connectivity index (χ4v) is 4.26. The van der Waals surface area contributed by atoms with Crippen molar-refractivity contribution in [2.75, 3.05) is 26.2 Å². The number of likely N-dealkylation sites (tertiary alicyclic amines) is 1. The van der Waals surface area contributed by atoms with Gasteiger partial charge in [-0.3, -0.25) is 4.90 Å². The number of ether oxygens (including phenoxy) is 2. The van der Waals surface area contributed by atoms with Crippen molar-refractivity contribution in [3.8, 4) is 0 Å². The molecule has 1 aromatic carbocycles. The number of amides is 3. The van der Waals surface area contributed by atoms with Crippen molar-refractivity contribution in [3.63, 3.8) is 0 Å². The lowest BCUT2D eigenvalue weighted by atomic mass is 9.94. The Morgan fingerprint density at radius 1 is 1.24 bits per heavy atom. The van der Waals surface area contributed by atoms with Crippen LogP contribution in [0.2, 0.25) is 5.02 Å². The summed E-state index contributed by atoms with van der Waals surface area (Å²) in [7, 11) is 0. The van der Waals surface area contributed by atoms with Gasteiger partial charge >= 0.3 is 18.1 Å². The number of rotatable bonds is 6. The van der Waals surface area contributed by atoms with E-state index in [2.05, 4.69) is 20.9 Å². The average molecular weight is 493 g/mol. The number of carbonyl (C=O) groups excluding carboxylic acids is 3. The summed E-state index contributed by atoms with van der Waals surface area (Å²) in [4.78, 5) is 39.6. The van der Waals surface area contributed by atoms with Crippen molar-refractivity contribution < 1.29 is 23.9 Å². The summed E-state index contributed by atoms with van der Waals surface area (Å²) in [5.74, 6) is -0.489. The second kappa shape index (κ2) is 11.1. The van der Waals surface area contributed by atoms with Gasteiger partial charge in [0.15, 0.2) is 0 Å². The molecule has 3 amide bonds. The van der Waals surface area contributed by atoms with Gasteiger partial charge < -0.3 is 25.4 Å². The summed E-state index contributed by atoms with van der Waals surface area (Å²) in [5, 5.41) is 9.04. The summed E-state index contributed by atoms with van der Waals surface area (Å²) < 4.78 is 10.7. The van der Waals surface area contributed by atoms with E-state index in [1.54, 1.807) is 25.1 Å². The van der Waals surface area contributed by atoms with Gasteiger partial charge in [-0.2, -0.15) is 0 Å². The molecule has 9 nitrogen and oxygen atoms in total. The number of hydrogen-bond acceptors (Lipinski definition) is 6. The molecule has 1 saturated heterocycles. The van der Waals surface area contributed by atoms with E-state index in [1.807, 2.05) is 26.8 Å². The van der Waals surface area contributed by atoms with Crippen molar-refractivity contribution in [1.82, 2.24) is 20.9 Å². The van der Waals surface area contributed by atoms with E-state index < -0.39 is 29.7 Å². The molecule has 2 aliphatic heterocycles. The molecular weight excluding hydrogens is 460 g/mol. The van der Waals surface area contributed by atoms with Crippen LogP contribution in [0.5, 0.6) is 0 Å². The van der Waals surface area contributed by atoms with E-state index >= 15 is 0 Å². The van der Waals surface area contributed by atoms with Crippen molar-refractivity contribution in [1.29, 1.82) is 0 Å². The predicted molar refractivity (Wildman–Crippen MR) is 128 cm³/mol. The van der Waals surface area contributed by atoms with Gasteiger partial charge in [-0.05, 0) is 58.2 Å². The smallest absolute Gasteiger partial charge is 0.407 e. The maximum atomic E-state index is 12.9. The van der Waals surface area contributed by atoms with E-state index in [9.17, 15) is 14.4 Å². The Kier molecular flexibility index (Phi) is 8.43. The van der Waals surface area contributed by atoms with Crippen molar-refractivity contribution in [3.05, 3.63) is 46.1 Å². The Hall–Kier alpha value is -2.78. The summed E-state index contributed by atoms with van der Waals surface area (Å²) in [6, 6.07) is 5.98. The Morgan fingerprint density at radius 3 is 2.56 bits per heavy atom. The van der Waals surface area contributed by atoms with Gasteiger partial charge in [0.25, 0.3) is 0 Å². The van der Waals surface area contributed by atoms with E-state index in [-0.39, 0.29) is 12.6 Å². The number of esters is 1. The molecular formula is C24H33ClN4O5. The van der Waals surface area contributed by atoms with Crippen LogP contribution in [0, 0.1) is 0 Å². The first-order chi connectivity index (χ1) is 16.1. The molecule has 0 bridgehead atoms. The average Bonchev–Trinajstić information content (AvgIpc) is 2.73. The molecule has 3 N–H and O–H groups in total. The highest BCUT2D eigenvalue weighted by atomic mass is 35.5. The molecule has 1 aromatic rings. The summed E-state index contributed by atoms with van der Waals surface area (Å²) in [6.07, 6.45) is 1.03. The van der Waals surface area contributed by atoms with Gasteiger partial charge in [0.2, 0.25) is 0 Å². The predicted octanol–water partition coefficient (Wildman–Crippen LogP) is 3.50. The van der Waals surface area contributed by atoms with Gasteiger partial charge in [-0.1, -0.05) is 23.7 Å². The molecule has 186 valence electrons. The van der Waals surface area contributed by atoms with Gasteiger partial charge in [-0.15, -0.1) is 0 Å². The van der Waals surface area contributed by atoms with Gasteiger partial charge in [-0.25, -0.2) is 14.4 Å². The fourth-order valence-electron chi connectivity index (χ4n) is 4.06. The van der Waals surface area contributed by atoms with Crippen LogP contribution in [-0.2, 0) is 14.3 Å². The number of nitrogens with zero attached hydrogens (tertiary/aromatic N) is 1. The minimum Gasteiger partial charge on any atom is -0.463 e. The minimum absolute atomic E-state index is 0.00595. The first kappa shape index (κ1) is 25.8. The molecule has 0 aliphatic carbocycles. The number of nitrogens with one attached hydrogen (secondary N) is 3. The van der Waals surface area contributed by atoms with Crippen molar-refractivity contribution >= 4 is 29.7 Å². The monoisotopic (exact) mass is 492 g/mol. The highest BCUT2D eigenvalue weighted by molar-refractivity contribution is 6.30. The topological polar surface area (TPSA) is 109 Å². The second-order valence-electron chi connectivity index (χ2n) is 9.40. The zero-order chi connectivity index (χ0) is 24.9. The molecule has 0 saturated carbocycles. The van der Waals surface area contributed by atoms with Crippen LogP contribution in [0.1, 0.15) is 52.1 Å². The molecule has 3 rings (SSSR count). The quantitative estimate of drug-likeness (QED) is 0.524. The lowest BCUT2D eigenvalue weighted by molar-refractivity contribution is -0.139. The summed E-state index contributed by atoms with van der Waals surface area (Å²) in [6.45, 7) is 9.18. The van der Waals surface area contributed by atoms with Crippen molar-refractivity contribution in [2.24, 2.45) is 0 Å². The lowest BCUT2D eigenvalue weighted by Crippen LogP contribution is -2.50. The van der Waals surface area contributed by atoms with E-state index in [0.717, 1.165) is 12.8 Å². The van der Waals surface area contributed by atoms with Crippen LogP contribution in [0.25, 0.3) is 0 Å². The van der Waals surface area contributed by atoms with Crippen LogP contribution < -0.4 is 16.0 Å². The normalized spacial score (nSPS) is 19.8. The molecule has 0 spiro atoms. The molecule has 10 heteroatoms. The van der Waals surface area contributed by atoms with Crippen LogP contribution in [-0.4, -0.2) is 60.9 Å². The number of urea groups is 1. The molecule has 1 unspecified atom stereocenters. The maximum absolute atomic E-state index is 12.9. The number of alkyl carbamates (subject to hydrolysis) is 1. The third kappa shape index (κ3) is 7.11. The Labute approximate surface area is 205 Å². The minimum atomic E-state index is -0.673. The van der Waals surface area contributed by atoms with E-state index in [0.29, 0.717) is 41.5 Å². The Bertz CT molecular complexity index is 951. The molecule has 1 atom stereocenters. The Balaban J connectivity index is 1.74. The number of halogens is 1. The number of piperidine rings is 1. The van der Waals surface area contributed by atoms with E-state index in [4.69, 9.17) is 21.1 Å². The van der Waals surface area contributed by atoms with Crippen LogP contribution in [0.15, 0.2) is 35.5 Å². The first-order valence-electron chi connectivity index (χ1n) is 11.5. The third-order valence-corrected chi connectivity index (χ3v) is 5.76. The van der Waals surface area contributed by atoms with Crippen LogP contribution in [0.3, 0.4) is 0 Å². The van der Waals surface area contributed by atoms with Crippen LogP contribution in [0.4, 0.5) is 9.59 Å². The zero-order valence-corrected chi connectivity index (χ0v) is 20.8. The molecule has 2 heterocycles. The second-order valence-corrected chi connectivity index (χ2v) is 9.83. The summed E-state index contributed by atoms with van der Waals surface area (Å²) in [5.41, 5.74) is 1.01. The third-order valence-electron chi connectivity index (χ3n) is 5.52. The highest BCUT2D eigenvalue weighted by Crippen LogP contribution is 2.30. The number of carbonyl (C=O) groups is 3. The van der Waals surface area contributed by atoms with Gasteiger partial charge in [0, 0.05) is 36.4 Å². The largest absolute Gasteiger partial charge is 0.463 e. The standard InChI is InChI=1S/C24H33ClN4O5/c1-5-33-21(30)19-18(27-22(31)28-20(19)15-7-6-8-16(25)13-15)14-29-11-9-17(10-12-29)26-23(32)34-24(2,3)4/h6-8,13,17,20H,5,9-12,14H2,1-4H3,(H,26,32)(H2,27,28,31). The van der Waals surface area contributed by atoms with Gasteiger partial charge in [0.1, 0.15) is 5.60 Å². The van der Waals surface area contributed by atoms with Crippen molar-refractivity contribution in [2.45, 2.75) is 58.2 Å². The molecule has 1 fully saturated rings. The molecule has 0 aromatic heterocycles.